The Labute approximate surface area is 109 Å². The number of carbonyl (C=O) groups excluding carboxylic acids is 1. The molecule has 0 aromatic carbocycles. The van der Waals surface area contributed by atoms with Crippen LogP contribution in [0, 0.1) is 0 Å². The lowest BCUT2D eigenvalue weighted by atomic mass is 10.3. The quantitative estimate of drug-likeness (QED) is 0.918. The zero-order valence-electron chi connectivity index (χ0n) is 9.53. The van der Waals surface area contributed by atoms with E-state index in [9.17, 15) is 4.79 Å². The minimum absolute atomic E-state index is 0.222. The van der Waals surface area contributed by atoms with Gasteiger partial charge in [0.1, 0.15) is 12.1 Å². The van der Waals surface area contributed by atoms with Gasteiger partial charge in [-0.2, -0.15) is 0 Å². The molecule has 1 aliphatic heterocycles. The average Bonchev–Trinajstić information content (AvgIpc) is 2.85. The zero-order valence-corrected chi connectivity index (χ0v) is 11.1. The summed E-state index contributed by atoms with van der Waals surface area (Å²) in [6, 6.07) is 0. The maximum atomic E-state index is 11.8. The van der Waals surface area contributed by atoms with E-state index in [0.29, 0.717) is 13.0 Å². The second-order valence-corrected chi connectivity index (χ2v) is 4.84. The summed E-state index contributed by atoms with van der Waals surface area (Å²) in [5.74, 6) is 0.953. The lowest BCUT2D eigenvalue weighted by Crippen LogP contribution is -2.29. The third kappa shape index (κ3) is 3.39. The van der Waals surface area contributed by atoms with Crippen LogP contribution in [0.4, 0.5) is 5.82 Å². The summed E-state index contributed by atoms with van der Waals surface area (Å²) in [7, 11) is 0. The van der Waals surface area contributed by atoms with E-state index in [1.165, 1.54) is 6.33 Å². The van der Waals surface area contributed by atoms with Crippen molar-refractivity contribution in [1.29, 1.82) is 0 Å². The van der Waals surface area contributed by atoms with Gasteiger partial charge in [0.25, 0.3) is 0 Å². The van der Waals surface area contributed by atoms with Crippen molar-refractivity contribution in [3.05, 3.63) is 17.0 Å². The number of halogens is 1. The molecule has 1 saturated heterocycles. The van der Waals surface area contributed by atoms with E-state index in [1.54, 1.807) is 6.20 Å². The van der Waals surface area contributed by atoms with E-state index in [2.05, 4.69) is 31.2 Å². The molecule has 0 unspecified atom stereocenters. The molecule has 0 atom stereocenters. The fourth-order valence-electron chi connectivity index (χ4n) is 1.86. The number of nitrogens with zero attached hydrogens (tertiary/aromatic N) is 3. The van der Waals surface area contributed by atoms with Gasteiger partial charge in [-0.1, -0.05) is 0 Å². The number of hydrogen-bond acceptors (Lipinski definition) is 4. The van der Waals surface area contributed by atoms with Crippen LogP contribution in [-0.2, 0) is 4.79 Å². The summed E-state index contributed by atoms with van der Waals surface area (Å²) >= 11 is 3.35. The van der Waals surface area contributed by atoms with Gasteiger partial charge < -0.3 is 10.2 Å². The summed E-state index contributed by atoms with van der Waals surface area (Å²) < 4.78 is 0.814. The van der Waals surface area contributed by atoms with E-state index in [4.69, 9.17) is 0 Å². The summed E-state index contributed by atoms with van der Waals surface area (Å²) in [5.41, 5.74) is 0. The SMILES string of the molecule is O=C(CCNc1ncncc1Br)N1CCCC1. The van der Waals surface area contributed by atoms with E-state index >= 15 is 0 Å². The van der Waals surface area contributed by atoms with Crippen LogP contribution < -0.4 is 5.32 Å². The highest BCUT2D eigenvalue weighted by Gasteiger charge is 2.17. The van der Waals surface area contributed by atoms with Gasteiger partial charge in [-0.25, -0.2) is 9.97 Å². The highest BCUT2D eigenvalue weighted by Crippen LogP contribution is 2.17. The predicted molar refractivity (Wildman–Crippen MR) is 68.7 cm³/mol. The van der Waals surface area contributed by atoms with Crippen molar-refractivity contribution in [1.82, 2.24) is 14.9 Å². The number of likely N-dealkylation sites (tertiary alicyclic amines) is 1. The molecule has 5 nitrogen and oxygen atoms in total. The van der Waals surface area contributed by atoms with Crippen molar-refractivity contribution in [2.45, 2.75) is 19.3 Å². The lowest BCUT2D eigenvalue weighted by Gasteiger charge is -2.15. The zero-order chi connectivity index (χ0) is 12.1. The van der Waals surface area contributed by atoms with Gasteiger partial charge in [0.05, 0.1) is 4.47 Å². The van der Waals surface area contributed by atoms with Gasteiger partial charge in [-0.15, -0.1) is 0 Å². The molecule has 2 rings (SSSR count). The second kappa shape index (κ2) is 5.95. The Bertz CT molecular complexity index is 393. The fraction of sp³-hybridized carbons (Fsp3) is 0.545. The van der Waals surface area contributed by atoms with E-state index in [1.807, 2.05) is 4.90 Å². The molecule has 17 heavy (non-hydrogen) atoms. The number of nitrogens with one attached hydrogen (secondary N) is 1. The maximum absolute atomic E-state index is 11.8. The molecule has 0 aliphatic carbocycles. The van der Waals surface area contributed by atoms with Crippen molar-refractivity contribution in [2.24, 2.45) is 0 Å². The minimum Gasteiger partial charge on any atom is -0.369 e. The first-order chi connectivity index (χ1) is 8.27. The van der Waals surface area contributed by atoms with Crippen LogP contribution in [0.15, 0.2) is 17.0 Å². The standard InChI is InChI=1S/C11H15BrN4O/c12-9-7-13-8-15-11(9)14-4-3-10(17)16-5-1-2-6-16/h7-8H,1-6H2,(H,13,14,15). The molecule has 1 fully saturated rings. The molecule has 0 saturated carbocycles. The summed E-state index contributed by atoms with van der Waals surface area (Å²) in [4.78, 5) is 21.6. The lowest BCUT2D eigenvalue weighted by molar-refractivity contribution is -0.129. The molecular formula is C11H15BrN4O. The number of hydrogen-bond donors (Lipinski definition) is 1. The Morgan fingerprint density at radius 1 is 1.47 bits per heavy atom. The first-order valence-electron chi connectivity index (χ1n) is 5.74. The van der Waals surface area contributed by atoms with Crippen LogP contribution in [0.5, 0.6) is 0 Å². The summed E-state index contributed by atoms with van der Waals surface area (Å²) in [5, 5.41) is 3.12. The molecule has 1 amide bonds. The van der Waals surface area contributed by atoms with Gasteiger partial charge >= 0.3 is 0 Å². The molecule has 0 bridgehead atoms. The Kier molecular flexibility index (Phi) is 4.30. The van der Waals surface area contributed by atoms with Crippen molar-refractivity contribution < 1.29 is 4.79 Å². The Hall–Kier alpha value is -1.17. The molecule has 0 spiro atoms. The Morgan fingerprint density at radius 3 is 2.94 bits per heavy atom. The predicted octanol–water partition coefficient (Wildman–Crippen LogP) is 1.66. The van der Waals surface area contributed by atoms with E-state index in [-0.39, 0.29) is 5.91 Å². The maximum Gasteiger partial charge on any atom is 0.224 e. The average molecular weight is 299 g/mol. The molecule has 1 N–H and O–H groups in total. The number of amides is 1. The number of anilines is 1. The van der Waals surface area contributed by atoms with Gasteiger partial charge in [0, 0.05) is 32.3 Å². The molecule has 1 aromatic heterocycles. The normalized spacial score (nSPS) is 15.0. The monoisotopic (exact) mass is 298 g/mol. The molecule has 1 aliphatic rings. The van der Waals surface area contributed by atoms with E-state index in [0.717, 1.165) is 36.2 Å². The highest BCUT2D eigenvalue weighted by atomic mass is 79.9. The second-order valence-electron chi connectivity index (χ2n) is 3.98. The van der Waals surface area contributed by atoms with Crippen molar-refractivity contribution in [3.8, 4) is 0 Å². The van der Waals surface area contributed by atoms with Gasteiger partial charge in [-0.3, -0.25) is 4.79 Å². The van der Waals surface area contributed by atoms with Crippen LogP contribution in [-0.4, -0.2) is 40.4 Å². The van der Waals surface area contributed by atoms with Gasteiger partial charge in [-0.05, 0) is 28.8 Å². The molecule has 1 aromatic rings. The van der Waals surface area contributed by atoms with Gasteiger partial charge in [0.15, 0.2) is 0 Å². The Balaban J connectivity index is 1.76. The molecule has 6 heteroatoms. The van der Waals surface area contributed by atoms with Crippen molar-refractivity contribution in [2.75, 3.05) is 25.0 Å². The first kappa shape index (κ1) is 12.3. The number of carbonyl (C=O) groups is 1. The molecule has 2 heterocycles. The van der Waals surface area contributed by atoms with Crippen LogP contribution in [0.3, 0.4) is 0 Å². The van der Waals surface area contributed by atoms with Gasteiger partial charge in [0.2, 0.25) is 5.91 Å². The smallest absolute Gasteiger partial charge is 0.224 e. The van der Waals surface area contributed by atoms with Crippen LogP contribution in [0.1, 0.15) is 19.3 Å². The molecule has 0 radical (unpaired) electrons. The molecular weight excluding hydrogens is 284 g/mol. The topological polar surface area (TPSA) is 58.1 Å². The third-order valence-corrected chi connectivity index (χ3v) is 3.34. The first-order valence-corrected chi connectivity index (χ1v) is 6.54. The number of aromatic nitrogens is 2. The fourth-order valence-corrected chi connectivity index (χ4v) is 2.22. The third-order valence-electron chi connectivity index (χ3n) is 2.76. The minimum atomic E-state index is 0.222. The largest absolute Gasteiger partial charge is 0.369 e. The highest BCUT2D eigenvalue weighted by molar-refractivity contribution is 9.10. The van der Waals surface area contributed by atoms with Crippen LogP contribution in [0.25, 0.3) is 0 Å². The summed E-state index contributed by atoms with van der Waals surface area (Å²) in [6.45, 7) is 2.43. The molecule has 92 valence electrons. The van der Waals surface area contributed by atoms with Crippen molar-refractivity contribution in [3.63, 3.8) is 0 Å². The number of rotatable bonds is 4. The van der Waals surface area contributed by atoms with E-state index < -0.39 is 0 Å². The summed E-state index contributed by atoms with van der Waals surface area (Å²) in [6.07, 6.45) is 5.94. The van der Waals surface area contributed by atoms with Crippen LogP contribution in [0.2, 0.25) is 0 Å². The Morgan fingerprint density at radius 2 is 2.24 bits per heavy atom. The van der Waals surface area contributed by atoms with Crippen molar-refractivity contribution >= 4 is 27.7 Å². The van der Waals surface area contributed by atoms with Crippen LogP contribution >= 0.6 is 15.9 Å².